The normalized spacial score (nSPS) is 19.8. The van der Waals surface area contributed by atoms with Crippen LogP contribution < -0.4 is 10.5 Å². The van der Waals surface area contributed by atoms with Crippen molar-refractivity contribution >= 4 is 11.8 Å². The predicted octanol–water partition coefficient (Wildman–Crippen LogP) is 2.84. The number of carbonyl (C=O) groups is 2. The van der Waals surface area contributed by atoms with Gasteiger partial charge in [0.05, 0.1) is 5.92 Å². The minimum absolute atomic E-state index is 0.0559. The van der Waals surface area contributed by atoms with E-state index in [1.54, 1.807) is 4.90 Å². The van der Waals surface area contributed by atoms with Crippen molar-refractivity contribution in [1.82, 2.24) is 4.90 Å². The zero-order chi connectivity index (χ0) is 18.5. The van der Waals surface area contributed by atoms with Gasteiger partial charge in [-0.3, -0.25) is 9.59 Å². The molecule has 5 nitrogen and oxygen atoms in total. The van der Waals surface area contributed by atoms with E-state index in [2.05, 4.69) is 0 Å². The van der Waals surface area contributed by atoms with Crippen LogP contribution in [0.4, 0.5) is 0 Å². The van der Waals surface area contributed by atoms with Gasteiger partial charge in [-0.1, -0.05) is 48.5 Å². The fourth-order valence-corrected chi connectivity index (χ4v) is 3.36. The highest BCUT2D eigenvalue weighted by Gasteiger charge is 2.31. The number of amides is 2. The Kier molecular flexibility index (Phi) is 5.56. The van der Waals surface area contributed by atoms with Gasteiger partial charge in [0, 0.05) is 18.2 Å². The van der Waals surface area contributed by atoms with Gasteiger partial charge in [0.2, 0.25) is 5.91 Å². The maximum atomic E-state index is 12.6. The van der Waals surface area contributed by atoms with Gasteiger partial charge in [-0.05, 0) is 31.4 Å². The molecule has 1 saturated heterocycles. The zero-order valence-electron chi connectivity index (χ0n) is 14.9. The second kappa shape index (κ2) is 8.04. The van der Waals surface area contributed by atoms with Crippen LogP contribution in [0.2, 0.25) is 0 Å². The van der Waals surface area contributed by atoms with Crippen LogP contribution in [-0.4, -0.2) is 35.9 Å². The smallest absolute Gasteiger partial charge is 0.260 e. The van der Waals surface area contributed by atoms with E-state index in [4.69, 9.17) is 10.5 Å². The number of likely N-dealkylation sites (tertiary alicyclic amines) is 1. The highest BCUT2D eigenvalue weighted by Crippen LogP contribution is 2.30. The molecule has 1 aliphatic heterocycles. The van der Waals surface area contributed by atoms with E-state index >= 15 is 0 Å². The number of ether oxygens (including phenoxy) is 1. The lowest BCUT2D eigenvalue weighted by atomic mass is 9.93. The van der Waals surface area contributed by atoms with Gasteiger partial charge in [0.1, 0.15) is 5.75 Å². The van der Waals surface area contributed by atoms with Crippen LogP contribution in [0.25, 0.3) is 11.1 Å². The van der Waals surface area contributed by atoms with Crippen molar-refractivity contribution in [2.24, 2.45) is 11.7 Å². The number of benzene rings is 2. The Morgan fingerprint density at radius 2 is 1.77 bits per heavy atom. The molecule has 136 valence electrons. The van der Waals surface area contributed by atoms with E-state index in [1.165, 1.54) is 0 Å². The first-order chi connectivity index (χ1) is 12.6. The maximum absolute atomic E-state index is 12.6. The fraction of sp³-hybridized carbons (Fsp3) is 0.333. The summed E-state index contributed by atoms with van der Waals surface area (Å²) < 4.78 is 5.84. The second-order valence-electron chi connectivity index (χ2n) is 6.72. The summed E-state index contributed by atoms with van der Waals surface area (Å²) in [6.07, 6.45) is 1.51. The van der Waals surface area contributed by atoms with E-state index in [-0.39, 0.29) is 30.4 Å². The van der Waals surface area contributed by atoms with Crippen LogP contribution in [0, 0.1) is 5.92 Å². The quantitative estimate of drug-likeness (QED) is 0.899. The molecule has 2 atom stereocenters. The average molecular weight is 352 g/mol. The highest BCUT2D eigenvalue weighted by atomic mass is 16.5. The number of hydrogen-bond acceptors (Lipinski definition) is 3. The first kappa shape index (κ1) is 18.0. The molecular weight excluding hydrogens is 328 g/mol. The van der Waals surface area contributed by atoms with E-state index in [0.717, 1.165) is 24.0 Å². The summed E-state index contributed by atoms with van der Waals surface area (Å²) in [5.41, 5.74) is 7.40. The first-order valence-corrected chi connectivity index (χ1v) is 8.92. The molecule has 5 heteroatoms. The van der Waals surface area contributed by atoms with Crippen molar-refractivity contribution in [2.75, 3.05) is 13.2 Å². The SMILES string of the molecule is C[C@H]1CC[C@@H](C(N)=O)CN1C(=O)COc1ccccc1-c1ccccc1. The number of nitrogens with zero attached hydrogens (tertiary/aromatic N) is 1. The third-order valence-corrected chi connectivity index (χ3v) is 4.93. The molecule has 0 aromatic heterocycles. The standard InChI is InChI=1S/C21H24N2O3/c1-15-11-12-17(21(22)25)13-23(15)20(24)14-26-19-10-6-5-9-18(19)16-7-3-2-4-8-16/h2-10,15,17H,11-14H2,1H3,(H2,22,25)/t15-,17+/m0/s1. The Morgan fingerprint density at radius 1 is 1.08 bits per heavy atom. The van der Waals surface area contributed by atoms with E-state index in [9.17, 15) is 9.59 Å². The van der Waals surface area contributed by atoms with Crippen molar-refractivity contribution in [3.63, 3.8) is 0 Å². The van der Waals surface area contributed by atoms with Crippen molar-refractivity contribution in [3.05, 3.63) is 54.6 Å². The van der Waals surface area contributed by atoms with Gasteiger partial charge in [0.15, 0.2) is 6.61 Å². The van der Waals surface area contributed by atoms with Crippen LogP contribution in [0.5, 0.6) is 5.75 Å². The van der Waals surface area contributed by atoms with Gasteiger partial charge in [-0.15, -0.1) is 0 Å². The predicted molar refractivity (Wildman–Crippen MR) is 100 cm³/mol. The lowest BCUT2D eigenvalue weighted by Crippen LogP contribution is -2.50. The summed E-state index contributed by atoms with van der Waals surface area (Å²) in [4.78, 5) is 25.8. The Bertz CT molecular complexity index is 776. The Labute approximate surface area is 153 Å². The molecule has 0 saturated carbocycles. The van der Waals surface area contributed by atoms with Crippen LogP contribution in [0.3, 0.4) is 0 Å². The number of para-hydroxylation sites is 1. The molecule has 2 N–H and O–H groups in total. The minimum atomic E-state index is -0.343. The third kappa shape index (κ3) is 4.04. The van der Waals surface area contributed by atoms with Crippen molar-refractivity contribution in [3.8, 4) is 16.9 Å². The molecule has 0 spiro atoms. The summed E-state index contributed by atoms with van der Waals surface area (Å²) in [7, 11) is 0. The molecule has 2 aromatic rings. The van der Waals surface area contributed by atoms with E-state index in [1.807, 2.05) is 61.5 Å². The number of rotatable bonds is 5. The van der Waals surface area contributed by atoms with Crippen LogP contribution in [0.1, 0.15) is 19.8 Å². The molecule has 0 bridgehead atoms. The molecule has 1 fully saturated rings. The molecule has 1 aliphatic rings. The van der Waals surface area contributed by atoms with Gasteiger partial charge in [0.25, 0.3) is 5.91 Å². The fourth-order valence-electron chi connectivity index (χ4n) is 3.36. The maximum Gasteiger partial charge on any atom is 0.260 e. The second-order valence-corrected chi connectivity index (χ2v) is 6.72. The van der Waals surface area contributed by atoms with Gasteiger partial charge >= 0.3 is 0 Å². The highest BCUT2D eigenvalue weighted by molar-refractivity contribution is 5.81. The summed E-state index contributed by atoms with van der Waals surface area (Å²) in [6, 6.07) is 17.7. The van der Waals surface area contributed by atoms with Crippen molar-refractivity contribution < 1.29 is 14.3 Å². The molecule has 3 rings (SSSR count). The Hall–Kier alpha value is -2.82. The molecular formula is C21H24N2O3. The summed E-state index contributed by atoms with van der Waals surface area (Å²) in [5, 5.41) is 0. The zero-order valence-corrected chi connectivity index (χ0v) is 14.9. The molecule has 26 heavy (non-hydrogen) atoms. The van der Waals surface area contributed by atoms with Crippen molar-refractivity contribution in [2.45, 2.75) is 25.8 Å². The largest absolute Gasteiger partial charge is 0.483 e. The van der Waals surface area contributed by atoms with Gasteiger partial charge in [-0.25, -0.2) is 0 Å². The average Bonchev–Trinajstić information content (AvgIpc) is 2.67. The van der Waals surface area contributed by atoms with Gasteiger partial charge in [-0.2, -0.15) is 0 Å². The molecule has 2 aromatic carbocycles. The first-order valence-electron chi connectivity index (χ1n) is 8.92. The third-order valence-electron chi connectivity index (χ3n) is 4.93. The molecule has 2 amide bonds. The minimum Gasteiger partial charge on any atom is -0.483 e. The molecule has 0 unspecified atom stereocenters. The van der Waals surface area contributed by atoms with E-state index in [0.29, 0.717) is 12.3 Å². The molecule has 0 radical (unpaired) electrons. The Balaban J connectivity index is 1.69. The lowest BCUT2D eigenvalue weighted by Gasteiger charge is -2.36. The monoisotopic (exact) mass is 352 g/mol. The number of piperidine rings is 1. The topological polar surface area (TPSA) is 72.6 Å². The van der Waals surface area contributed by atoms with Crippen LogP contribution in [0.15, 0.2) is 54.6 Å². The van der Waals surface area contributed by atoms with Crippen molar-refractivity contribution in [1.29, 1.82) is 0 Å². The van der Waals surface area contributed by atoms with E-state index < -0.39 is 0 Å². The Morgan fingerprint density at radius 3 is 2.50 bits per heavy atom. The number of nitrogens with two attached hydrogens (primary N) is 1. The van der Waals surface area contributed by atoms with Crippen LogP contribution in [-0.2, 0) is 9.59 Å². The number of hydrogen-bond donors (Lipinski definition) is 1. The number of carbonyl (C=O) groups excluding carboxylic acids is 2. The summed E-state index contributed by atoms with van der Waals surface area (Å²) in [6.45, 7) is 2.31. The summed E-state index contributed by atoms with van der Waals surface area (Å²) >= 11 is 0. The van der Waals surface area contributed by atoms with Crippen LogP contribution >= 0.6 is 0 Å². The number of primary amides is 1. The molecule has 0 aliphatic carbocycles. The summed E-state index contributed by atoms with van der Waals surface area (Å²) in [5.74, 6) is -0.0636. The lowest BCUT2D eigenvalue weighted by molar-refractivity contribution is -0.139. The van der Waals surface area contributed by atoms with Gasteiger partial charge < -0.3 is 15.4 Å². The molecule has 1 heterocycles.